The maximum atomic E-state index is 11.0. The Labute approximate surface area is 81.3 Å². The summed E-state index contributed by atoms with van der Waals surface area (Å²) in [6.07, 6.45) is 7.05. The first-order valence-electron chi connectivity index (χ1n) is 4.03. The first-order chi connectivity index (χ1) is 6.18. The minimum absolute atomic E-state index is 0.0928. The molecule has 0 saturated heterocycles. The molecule has 1 atom stereocenters. The van der Waals surface area contributed by atoms with Crippen LogP contribution in [0.4, 0.5) is 0 Å². The van der Waals surface area contributed by atoms with Gasteiger partial charge in [-0.3, -0.25) is 4.79 Å². The molecule has 1 amide bonds. The summed E-state index contributed by atoms with van der Waals surface area (Å²) >= 11 is 5.92. The lowest BCUT2D eigenvalue weighted by molar-refractivity contribution is -0.113. The van der Waals surface area contributed by atoms with Crippen LogP contribution in [-0.4, -0.2) is 11.6 Å². The largest absolute Gasteiger partial charge is 0.269 e. The summed E-state index contributed by atoms with van der Waals surface area (Å²) < 4.78 is 0. The molecule has 1 aliphatic carbocycles. The summed E-state index contributed by atoms with van der Waals surface area (Å²) in [4.78, 5) is 14.9. The summed E-state index contributed by atoms with van der Waals surface area (Å²) in [6.45, 7) is 2.00. The second-order valence-corrected chi connectivity index (χ2v) is 3.50. The van der Waals surface area contributed by atoms with Crippen LogP contribution in [0.15, 0.2) is 39.9 Å². The SMILES string of the molecule is CC1=CC=C(Cl)C2=NC(=O)C=CC12. The number of fused-ring (bicyclic) bond motifs is 1. The van der Waals surface area contributed by atoms with Crippen molar-refractivity contribution in [2.45, 2.75) is 6.92 Å². The zero-order chi connectivity index (χ0) is 9.42. The predicted molar refractivity (Wildman–Crippen MR) is 52.8 cm³/mol. The number of carbonyl (C=O) groups is 1. The van der Waals surface area contributed by atoms with Crippen LogP contribution in [0, 0.1) is 5.92 Å². The van der Waals surface area contributed by atoms with Crippen molar-refractivity contribution in [3.8, 4) is 0 Å². The molecule has 13 heavy (non-hydrogen) atoms. The summed E-state index contributed by atoms with van der Waals surface area (Å²) in [6, 6.07) is 0. The lowest BCUT2D eigenvalue weighted by Gasteiger charge is -2.21. The zero-order valence-corrected chi connectivity index (χ0v) is 7.88. The Morgan fingerprint density at radius 3 is 3.00 bits per heavy atom. The minimum Gasteiger partial charge on any atom is -0.267 e. The number of hydrogen-bond donors (Lipinski definition) is 0. The summed E-state index contributed by atoms with van der Waals surface area (Å²) in [5.74, 6) is -0.136. The molecule has 1 aliphatic heterocycles. The van der Waals surface area contributed by atoms with E-state index in [0.29, 0.717) is 10.7 Å². The third kappa shape index (κ3) is 1.38. The molecule has 1 unspecified atom stereocenters. The Morgan fingerprint density at radius 1 is 1.46 bits per heavy atom. The first-order valence-corrected chi connectivity index (χ1v) is 4.41. The van der Waals surface area contributed by atoms with Gasteiger partial charge in [0.25, 0.3) is 5.91 Å². The molecule has 2 nitrogen and oxygen atoms in total. The molecule has 0 radical (unpaired) electrons. The molecule has 2 rings (SSSR count). The fourth-order valence-electron chi connectivity index (χ4n) is 1.46. The Kier molecular flexibility index (Phi) is 1.93. The molecule has 1 heterocycles. The van der Waals surface area contributed by atoms with Crippen LogP contribution in [0.3, 0.4) is 0 Å². The van der Waals surface area contributed by atoms with Crippen molar-refractivity contribution in [1.82, 2.24) is 0 Å². The third-order valence-corrected chi connectivity index (χ3v) is 2.50. The maximum absolute atomic E-state index is 11.0. The van der Waals surface area contributed by atoms with Crippen molar-refractivity contribution < 1.29 is 4.79 Å². The monoisotopic (exact) mass is 193 g/mol. The number of rotatable bonds is 0. The van der Waals surface area contributed by atoms with Gasteiger partial charge in [0, 0.05) is 12.0 Å². The van der Waals surface area contributed by atoms with E-state index >= 15 is 0 Å². The van der Waals surface area contributed by atoms with Crippen LogP contribution >= 0.6 is 11.6 Å². The van der Waals surface area contributed by atoms with Crippen molar-refractivity contribution in [2.24, 2.45) is 10.9 Å². The van der Waals surface area contributed by atoms with E-state index in [0.717, 1.165) is 5.57 Å². The van der Waals surface area contributed by atoms with Crippen LogP contribution in [0.25, 0.3) is 0 Å². The van der Waals surface area contributed by atoms with E-state index in [2.05, 4.69) is 4.99 Å². The Balaban J connectivity index is 2.49. The lowest BCUT2D eigenvalue weighted by atomic mass is 9.89. The van der Waals surface area contributed by atoms with Gasteiger partial charge in [-0.1, -0.05) is 29.3 Å². The molecular weight excluding hydrogens is 186 g/mol. The van der Waals surface area contributed by atoms with Crippen LogP contribution in [0.2, 0.25) is 0 Å². The zero-order valence-electron chi connectivity index (χ0n) is 7.12. The molecule has 0 fully saturated rings. The van der Waals surface area contributed by atoms with E-state index in [-0.39, 0.29) is 11.8 Å². The van der Waals surface area contributed by atoms with Gasteiger partial charge in [-0.05, 0) is 13.0 Å². The summed E-state index contributed by atoms with van der Waals surface area (Å²) in [5.41, 5.74) is 1.83. The van der Waals surface area contributed by atoms with Gasteiger partial charge in [-0.15, -0.1) is 0 Å². The molecule has 0 bridgehead atoms. The number of allylic oxidation sites excluding steroid dienone is 5. The number of aliphatic imine (C=N–C) groups is 1. The number of amides is 1. The van der Waals surface area contributed by atoms with Crippen molar-refractivity contribution in [3.05, 3.63) is 34.9 Å². The van der Waals surface area contributed by atoms with Crippen molar-refractivity contribution in [3.63, 3.8) is 0 Å². The van der Waals surface area contributed by atoms with Gasteiger partial charge in [0.2, 0.25) is 0 Å². The van der Waals surface area contributed by atoms with Gasteiger partial charge >= 0.3 is 0 Å². The van der Waals surface area contributed by atoms with Crippen molar-refractivity contribution in [2.75, 3.05) is 0 Å². The normalized spacial score (nSPS) is 26.2. The Bertz CT molecular complexity index is 388. The lowest BCUT2D eigenvalue weighted by Crippen LogP contribution is -2.21. The highest BCUT2D eigenvalue weighted by Gasteiger charge is 2.24. The highest BCUT2D eigenvalue weighted by atomic mass is 35.5. The molecule has 66 valence electrons. The maximum Gasteiger partial charge on any atom is 0.269 e. The second-order valence-electron chi connectivity index (χ2n) is 3.10. The third-order valence-electron chi connectivity index (χ3n) is 2.18. The van der Waals surface area contributed by atoms with Crippen molar-refractivity contribution >= 4 is 23.2 Å². The quantitative estimate of drug-likeness (QED) is 0.580. The highest BCUT2D eigenvalue weighted by molar-refractivity contribution is 6.45. The van der Waals surface area contributed by atoms with Gasteiger partial charge in [-0.2, -0.15) is 0 Å². The van der Waals surface area contributed by atoms with E-state index in [1.54, 1.807) is 6.08 Å². The van der Waals surface area contributed by atoms with Gasteiger partial charge in [-0.25, -0.2) is 4.99 Å². The fraction of sp³-hybridized carbons (Fsp3) is 0.200. The molecule has 3 heteroatoms. The van der Waals surface area contributed by atoms with Crippen LogP contribution < -0.4 is 0 Å². The number of halogens is 1. The molecule has 2 aliphatic rings. The molecular formula is C10H8ClNO. The van der Waals surface area contributed by atoms with Crippen LogP contribution in [0.5, 0.6) is 0 Å². The number of hydrogen-bond acceptors (Lipinski definition) is 1. The van der Waals surface area contributed by atoms with Gasteiger partial charge in [0.05, 0.1) is 10.7 Å². The van der Waals surface area contributed by atoms with Gasteiger partial charge in [0.15, 0.2) is 0 Å². The molecule has 0 saturated carbocycles. The average Bonchev–Trinajstić information content (AvgIpc) is 2.12. The standard InChI is InChI=1S/C10H8ClNO/c1-6-2-4-8(11)10-7(6)3-5-9(13)12-10/h2-5,7H,1H3. The topological polar surface area (TPSA) is 29.4 Å². The molecule has 0 aromatic carbocycles. The first kappa shape index (κ1) is 8.45. The van der Waals surface area contributed by atoms with E-state index < -0.39 is 0 Å². The average molecular weight is 194 g/mol. The molecule has 0 spiro atoms. The van der Waals surface area contributed by atoms with E-state index in [1.807, 2.05) is 19.1 Å². The van der Waals surface area contributed by atoms with Gasteiger partial charge < -0.3 is 0 Å². The fourth-order valence-corrected chi connectivity index (χ4v) is 1.68. The van der Waals surface area contributed by atoms with Crippen LogP contribution in [0.1, 0.15) is 6.92 Å². The molecule has 0 N–H and O–H groups in total. The molecule has 0 aromatic rings. The number of dihydropyridines is 1. The molecule has 0 aromatic heterocycles. The highest BCUT2D eigenvalue weighted by Crippen LogP contribution is 2.28. The number of nitrogens with zero attached hydrogens (tertiary/aromatic N) is 1. The van der Waals surface area contributed by atoms with E-state index in [1.165, 1.54) is 6.08 Å². The van der Waals surface area contributed by atoms with E-state index in [9.17, 15) is 4.79 Å². The van der Waals surface area contributed by atoms with Gasteiger partial charge in [0.1, 0.15) is 0 Å². The van der Waals surface area contributed by atoms with E-state index in [4.69, 9.17) is 11.6 Å². The second kappa shape index (κ2) is 2.96. The van der Waals surface area contributed by atoms with Crippen molar-refractivity contribution in [1.29, 1.82) is 0 Å². The number of carbonyl (C=O) groups excluding carboxylic acids is 1. The summed E-state index contributed by atoms with van der Waals surface area (Å²) in [5, 5.41) is 0.563. The van der Waals surface area contributed by atoms with Crippen LogP contribution in [-0.2, 0) is 4.79 Å². The Hall–Kier alpha value is -1.15. The Morgan fingerprint density at radius 2 is 2.23 bits per heavy atom. The smallest absolute Gasteiger partial charge is 0.267 e. The predicted octanol–water partition coefficient (Wildman–Crippen LogP) is 2.22. The summed E-state index contributed by atoms with van der Waals surface area (Å²) in [7, 11) is 0. The minimum atomic E-state index is -0.229.